The van der Waals surface area contributed by atoms with E-state index in [1.54, 1.807) is 12.1 Å². The fourth-order valence-electron chi connectivity index (χ4n) is 8.16. The highest BCUT2D eigenvalue weighted by Crippen LogP contribution is 2.53. The van der Waals surface area contributed by atoms with Crippen LogP contribution in [0.5, 0.6) is 0 Å². The van der Waals surface area contributed by atoms with Crippen molar-refractivity contribution in [1.29, 1.82) is 5.26 Å². The van der Waals surface area contributed by atoms with E-state index in [9.17, 15) is 23.2 Å². The number of piperidine rings is 1. The molecule has 5 nitrogen and oxygen atoms in total. The topological polar surface area (TPSA) is 56.6 Å². The van der Waals surface area contributed by atoms with Crippen molar-refractivity contribution in [3.63, 3.8) is 0 Å². The van der Waals surface area contributed by atoms with Crippen molar-refractivity contribution in [3.05, 3.63) is 65.7 Å². The number of alkyl halides is 3. The number of anilines is 1. The van der Waals surface area contributed by atoms with Crippen molar-refractivity contribution in [2.24, 2.45) is 23.7 Å². The number of ether oxygens (including phenoxy) is 1. The maximum Gasteiger partial charge on any atom is 0.416 e. The van der Waals surface area contributed by atoms with Crippen LogP contribution in [0, 0.1) is 35.0 Å². The van der Waals surface area contributed by atoms with Crippen molar-refractivity contribution >= 4 is 11.7 Å². The summed E-state index contributed by atoms with van der Waals surface area (Å²) in [5, 5.41) is 11.0. The van der Waals surface area contributed by atoms with Gasteiger partial charge in [-0.3, -0.25) is 4.79 Å². The Morgan fingerprint density at radius 2 is 1.65 bits per heavy atom. The lowest BCUT2D eigenvalue weighted by Crippen LogP contribution is -2.54. The van der Waals surface area contributed by atoms with Gasteiger partial charge in [0.2, 0.25) is 0 Å². The summed E-state index contributed by atoms with van der Waals surface area (Å²) in [5.41, 5.74) is 0.893. The highest BCUT2D eigenvalue weighted by atomic mass is 19.4. The van der Waals surface area contributed by atoms with Gasteiger partial charge >= 0.3 is 12.1 Å². The molecule has 3 atom stereocenters. The fourth-order valence-corrected chi connectivity index (χ4v) is 8.16. The van der Waals surface area contributed by atoms with Gasteiger partial charge in [-0.2, -0.15) is 18.4 Å². The molecule has 2 heterocycles. The van der Waals surface area contributed by atoms with Crippen molar-refractivity contribution in [3.8, 4) is 6.07 Å². The van der Waals surface area contributed by atoms with Gasteiger partial charge in [0, 0.05) is 37.7 Å². The Morgan fingerprint density at radius 1 is 0.953 bits per heavy atom. The molecular formula is C35H44F3N3O2. The Bertz CT molecular complexity index is 1230. The summed E-state index contributed by atoms with van der Waals surface area (Å²) in [7, 11) is 1.44. The number of likely N-dealkylation sites (tertiary alicyclic amines) is 1. The summed E-state index contributed by atoms with van der Waals surface area (Å²) in [6.07, 6.45) is 4.36. The van der Waals surface area contributed by atoms with Crippen molar-refractivity contribution in [2.45, 2.75) is 69.4 Å². The number of carbonyl (C=O) groups is 1. The maximum absolute atomic E-state index is 12.9. The van der Waals surface area contributed by atoms with Gasteiger partial charge in [0.05, 0.1) is 24.2 Å². The number of halogens is 3. The van der Waals surface area contributed by atoms with Crippen LogP contribution < -0.4 is 4.90 Å². The van der Waals surface area contributed by atoms with Gasteiger partial charge in [-0.1, -0.05) is 56.0 Å². The fraction of sp³-hybridized carbons (Fsp3) is 0.600. The molecule has 2 aromatic carbocycles. The standard InChI is InChI=1S/C35H44F3N3O2/c1-43-33(42)13-6-5-8-27-9-7-12-32(27)34(25-39,28-10-3-2-4-11-28)29-18-20-40(21-19-29)22-26-23-41(24-26)31-16-14-30(15-17-31)35(36,37)38/h2-4,10-11,14-17,26-27,29,32H,5-9,12-13,18-24H2,1H3/t27-,32-,34?/m0/s1. The van der Waals surface area contributed by atoms with Crippen molar-refractivity contribution in [2.75, 3.05) is 44.7 Å². The first-order valence-electron chi connectivity index (χ1n) is 15.9. The maximum atomic E-state index is 12.9. The van der Waals surface area contributed by atoms with Gasteiger partial charge in [-0.05, 0) is 86.4 Å². The summed E-state index contributed by atoms with van der Waals surface area (Å²) in [4.78, 5) is 16.3. The largest absolute Gasteiger partial charge is 0.469 e. The Balaban J connectivity index is 1.19. The van der Waals surface area contributed by atoms with Gasteiger partial charge in [0.1, 0.15) is 0 Å². The first kappa shape index (κ1) is 31.4. The number of nitrogens with zero attached hydrogens (tertiary/aromatic N) is 3. The Labute approximate surface area is 254 Å². The molecule has 2 aliphatic heterocycles. The zero-order valence-corrected chi connectivity index (χ0v) is 25.2. The third kappa shape index (κ3) is 7.03. The molecule has 3 fully saturated rings. The molecule has 232 valence electrons. The number of benzene rings is 2. The van der Waals surface area contributed by atoms with Crippen LogP contribution in [-0.4, -0.2) is 50.7 Å². The predicted molar refractivity (Wildman–Crippen MR) is 161 cm³/mol. The zero-order valence-electron chi connectivity index (χ0n) is 25.2. The molecule has 0 aromatic heterocycles. The minimum absolute atomic E-state index is 0.153. The third-order valence-electron chi connectivity index (χ3n) is 10.4. The van der Waals surface area contributed by atoms with E-state index in [1.165, 1.54) is 19.2 Å². The average molecular weight is 596 g/mol. The SMILES string of the molecule is COC(=O)CCCC[C@H]1CCC[C@@H]1C(C#N)(c1ccccc1)C1CCN(CC2CN(c3ccc(C(F)(F)F)cc3)C2)CC1. The van der Waals surface area contributed by atoms with E-state index in [2.05, 4.69) is 40.1 Å². The van der Waals surface area contributed by atoms with Gasteiger partial charge < -0.3 is 14.5 Å². The van der Waals surface area contributed by atoms with Gasteiger partial charge in [0.15, 0.2) is 0 Å². The third-order valence-corrected chi connectivity index (χ3v) is 10.4. The quantitative estimate of drug-likeness (QED) is 0.199. The van der Waals surface area contributed by atoms with E-state index in [1.807, 2.05) is 6.07 Å². The predicted octanol–water partition coefficient (Wildman–Crippen LogP) is 7.46. The number of unbranched alkanes of at least 4 members (excludes halogenated alkanes) is 1. The number of rotatable bonds is 11. The van der Waals surface area contributed by atoms with Crippen LogP contribution in [0.15, 0.2) is 54.6 Å². The second-order valence-corrected chi connectivity index (χ2v) is 12.9. The molecule has 1 unspecified atom stereocenters. The highest BCUT2D eigenvalue weighted by molar-refractivity contribution is 5.68. The lowest BCUT2D eigenvalue weighted by molar-refractivity contribution is -0.140. The summed E-state index contributed by atoms with van der Waals surface area (Å²) in [6, 6.07) is 18.9. The molecule has 0 amide bonds. The molecule has 0 bridgehead atoms. The molecule has 3 aliphatic rings. The zero-order chi connectivity index (χ0) is 30.5. The molecule has 0 N–H and O–H groups in total. The summed E-state index contributed by atoms with van der Waals surface area (Å²) in [5.74, 6) is 1.44. The van der Waals surface area contributed by atoms with Gasteiger partial charge in [-0.15, -0.1) is 0 Å². The number of carbonyl (C=O) groups excluding carboxylic acids is 1. The second kappa shape index (κ2) is 13.7. The van der Waals surface area contributed by atoms with Crippen molar-refractivity contribution < 1.29 is 22.7 Å². The average Bonchev–Trinajstić information content (AvgIpc) is 3.47. The van der Waals surface area contributed by atoms with Crippen molar-refractivity contribution in [1.82, 2.24) is 4.90 Å². The lowest BCUT2D eigenvalue weighted by Gasteiger charge is -2.48. The number of esters is 1. The second-order valence-electron chi connectivity index (χ2n) is 12.9. The Hall–Kier alpha value is -3.05. The summed E-state index contributed by atoms with van der Waals surface area (Å²) in [6.45, 7) is 4.64. The molecule has 8 heteroatoms. The lowest BCUT2D eigenvalue weighted by atomic mass is 9.58. The minimum atomic E-state index is -4.31. The van der Waals surface area contributed by atoms with E-state index in [4.69, 9.17) is 4.74 Å². The van der Waals surface area contributed by atoms with E-state index in [0.717, 1.165) is 95.3 Å². The molecule has 2 aromatic rings. The molecule has 1 aliphatic carbocycles. The Morgan fingerprint density at radius 3 is 2.28 bits per heavy atom. The molecule has 43 heavy (non-hydrogen) atoms. The number of nitriles is 1. The van der Waals surface area contributed by atoms with Crippen LogP contribution in [0.2, 0.25) is 0 Å². The molecular weight excluding hydrogens is 551 g/mol. The van der Waals surface area contributed by atoms with Crippen LogP contribution in [0.3, 0.4) is 0 Å². The smallest absolute Gasteiger partial charge is 0.416 e. The first-order valence-corrected chi connectivity index (χ1v) is 15.9. The molecule has 5 rings (SSSR count). The normalized spacial score (nSPS) is 23.4. The van der Waals surface area contributed by atoms with E-state index in [0.29, 0.717) is 30.1 Å². The van der Waals surface area contributed by atoms with Gasteiger partial charge in [0.25, 0.3) is 0 Å². The van der Waals surface area contributed by atoms with Crippen LogP contribution in [0.25, 0.3) is 0 Å². The monoisotopic (exact) mass is 595 g/mol. The minimum Gasteiger partial charge on any atom is -0.469 e. The number of hydrogen-bond acceptors (Lipinski definition) is 5. The van der Waals surface area contributed by atoms with E-state index >= 15 is 0 Å². The van der Waals surface area contributed by atoms with Crippen LogP contribution >= 0.6 is 0 Å². The van der Waals surface area contributed by atoms with Crippen LogP contribution in [0.4, 0.5) is 18.9 Å². The van der Waals surface area contributed by atoms with Crippen LogP contribution in [0.1, 0.15) is 68.9 Å². The summed E-state index contributed by atoms with van der Waals surface area (Å²) < 4.78 is 43.6. The molecule has 0 spiro atoms. The Kier molecular flexibility index (Phi) is 10.0. The first-order chi connectivity index (χ1) is 20.7. The number of methoxy groups -OCH3 is 1. The van der Waals surface area contributed by atoms with E-state index in [-0.39, 0.29) is 5.97 Å². The highest BCUT2D eigenvalue weighted by Gasteiger charge is 2.51. The number of hydrogen-bond donors (Lipinski definition) is 0. The van der Waals surface area contributed by atoms with Gasteiger partial charge in [-0.25, -0.2) is 0 Å². The molecule has 2 saturated heterocycles. The van der Waals surface area contributed by atoms with E-state index < -0.39 is 17.2 Å². The molecule has 0 radical (unpaired) electrons. The summed E-state index contributed by atoms with van der Waals surface area (Å²) >= 11 is 0. The van der Waals surface area contributed by atoms with Crippen LogP contribution in [-0.2, 0) is 21.1 Å². The molecule has 1 saturated carbocycles.